The van der Waals surface area contributed by atoms with Gasteiger partial charge in [-0.25, -0.2) is 0 Å². The van der Waals surface area contributed by atoms with Gasteiger partial charge in [-0.1, -0.05) is 160 Å². The first-order chi connectivity index (χ1) is 37.8. The Bertz CT molecular complexity index is 4260. The van der Waals surface area contributed by atoms with Gasteiger partial charge in [0.1, 0.15) is 0 Å². The second kappa shape index (κ2) is 14.9. The minimum Gasteiger partial charge on any atom is -0.334 e. The molecule has 4 aliphatic carbocycles. The Morgan fingerprint density at radius 3 is 1.84 bits per heavy atom. The molecule has 3 unspecified atom stereocenters. The van der Waals surface area contributed by atoms with E-state index in [1.807, 2.05) is 11.3 Å². The highest BCUT2D eigenvalue weighted by atomic mass is 32.1. The summed E-state index contributed by atoms with van der Waals surface area (Å²) in [5.41, 5.74) is 29.7. The number of rotatable bonds is 3. The van der Waals surface area contributed by atoms with E-state index >= 15 is 0 Å². The molecule has 4 aliphatic heterocycles. The third-order valence-electron chi connectivity index (χ3n) is 23.0. The summed E-state index contributed by atoms with van der Waals surface area (Å²) >= 11 is 1.96. The van der Waals surface area contributed by atoms with Crippen LogP contribution in [0.1, 0.15) is 172 Å². The molecule has 9 aromatic rings. The summed E-state index contributed by atoms with van der Waals surface area (Å²) in [4.78, 5) is 8.50. The Kier molecular flexibility index (Phi) is 8.89. The molecule has 392 valence electrons. The normalized spacial score (nSPS) is 24.9. The molecule has 8 aliphatic rings. The molecule has 79 heavy (non-hydrogen) atoms. The van der Waals surface area contributed by atoms with Gasteiger partial charge in [0.25, 0.3) is 6.71 Å². The van der Waals surface area contributed by atoms with Crippen molar-refractivity contribution < 1.29 is 0 Å². The van der Waals surface area contributed by atoms with Crippen LogP contribution in [0.25, 0.3) is 31.3 Å². The van der Waals surface area contributed by atoms with Crippen LogP contribution in [-0.4, -0.2) is 12.3 Å². The largest absolute Gasteiger partial charge is 0.334 e. The van der Waals surface area contributed by atoms with Crippen LogP contribution >= 0.6 is 11.3 Å². The van der Waals surface area contributed by atoms with Crippen LogP contribution < -0.4 is 31.1 Å². The zero-order valence-electron chi connectivity index (χ0n) is 48.3. The molecule has 1 fully saturated rings. The van der Waals surface area contributed by atoms with Crippen molar-refractivity contribution in [2.45, 2.75) is 166 Å². The summed E-state index contributed by atoms with van der Waals surface area (Å²) in [6.45, 7) is 28.2. The minimum absolute atomic E-state index is 0.00281. The van der Waals surface area contributed by atoms with E-state index in [1.54, 1.807) is 16.7 Å². The van der Waals surface area contributed by atoms with E-state index in [2.05, 4.69) is 230 Å². The summed E-state index contributed by atoms with van der Waals surface area (Å²) in [5.74, 6) is 0. The fourth-order valence-electron chi connectivity index (χ4n) is 18.6. The van der Waals surface area contributed by atoms with Gasteiger partial charge in [-0.2, -0.15) is 0 Å². The van der Waals surface area contributed by atoms with Gasteiger partial charge in [0.2, 0.25) is 0 Å². The summed E-state index contributed by atoms with van der Waals surface area (Å²) in [6.07, 6.45) is 9.52. The SMILES string of the molecule is CC1(C)CCC(C)(C)c2cc(N3c4cc(N5c6ccccc6C6(C)CCCCC56C)cc5c4B4c6c(ccc7c6C(C)(c6ccccc6-7)c6c4c3cc3c6C(C)(C)CCC3(C)C)N5c3cccc4c3sc3ccccc34)ccc21. The first kappa shape index (κ1) is 47.3. The van der Waals surface area contributed by atoms with E-state index in [0.717, 1.165) is 19.3 Å². The zero-order valence-corrected chi connectivity index (χ0v) is 49.1. The Labute approximate surface area is 472 Å². The molecule has 3 nitrogen and oxygen atoms in total. The molecule has 5 heteroatoms. The first-order valence-corrected chi connectivity index (χ1v) is 30.8. The van der Waals surface area contributed by atoms with Crippen LogP contribution in [-0.2, 0) is 32.5 Å². The first-order valence-electron chi connectivity index (χ1n) is 30.0. The van der Waals surface area contributed by atoms with E-state index in [-0.39, 0.29) is 39.3 Å². The average Bonchev–Trinajstić information content (AvgIpc) is 2.21. The molecule has 1 saturated carbocycles. The van der Waals surface area contributed by atoms with Crippen LogP contribution in [0.4, 0.5) is 45.5 Å². The van der Waals surface area contributed by atoms with Crippen LogP contribution in [0.5, 0.6) is 0 Å². The van der Waals surface area contributed by atoms with Crippen LogP contribution in [0, 0.1) is 0 Å². The quantitative estimate of drug-likeness (QED) is 0.163. The average molecular weight is 1050 g/mol. The maximum absolute atomic E-state index is 2.86. The van der Waals surface area contributed by atoms with E-state index in [4.69, 9.17) is 0 Å². The van der Waals surface area contributed by atoms with Crippen molar-refractivity contribution in [1.29, 1.82) is 0 Å². The van der Waals surface area contributed by atoms with E-state index in [1.165, 1.54) is 153 Å². The van der Waals surface area contributed by atoms with E-state index < -0.39 is 5.41 Å². The predicted molar refractivity (Wildman–Crippen MR) is 338 cm³/mol. The predicted octanol–water partition coefficient (Wildman–Crippen LogP) is 18.2. The Morgan fingerprint density at radius 2 is 1.03 bits per heavy atom. The lowest BCUT2D eigenvalue weighted by molar-refractivity contribution is 0.195. The topological polar surface area (TPSA) is 9.72 Å². The van der Waals surface area contributed by atoms with Crippen molar-refractivity contribution in [2.24, 2.45) is 0 Å². The third-order valence-corrected chi connectivity index (χ3v) is 24.3. The molecule has 3 atom stereocenters. The summed E-state index contributed by atoms with van der Waals surface area (Å²) in [6, 6.07) is 56.4. The summed E-state index contributed by atoms with van der Waals surface area (Å²) in [5, 5.41) is 2.67. The molecule has 0 N–H and O–H groups in total. The molecule has 0 radical (unpaired) electrons. The molecule has 0 amide bonds. The molecular formula is C74H72BN3S. The lowest BCUT2D eigenvalue weighted by atomic mass is 9.28. The molecule has 0 bridgehead atoms. The van der Waals surface area contributed by atoms with Crippen molar-refractivity contribution in [3.63, 3.8) is 0 Å². The second-order valence-corrected chi connectivity index (χ2v) is 29.9. The van der Waals surface area contributed by atoms with Crippen molar-refractivity contribution in [3.05, 3.63) is 184 Å². The lowest BCUT2D eigenvalue weighted by Gasteiger charge is -2.55. The Balaban J connectivity index is 1.08. The van der Waals surface area contributed by atoms with Gasteiger partial charge in [0.15, 0.2) is 0 Å². The van der Waals surface area contributed by atoms with E-state index in [9.17, 15) is 0 Å². The highest BCUT2D eigenvalue weighted by Crippen LogP contribution is 2.65. The number of nitrogens with zero attached hydrogens (tertiary/aromatic N) is 3. The second-order valence-electron chi connectivity index (χ2n) is 28.9. The number of benzene rings is 8. The summed E-state index contributed by atoms with van der Waals surface area (Å²) < 4.78 is 2.69. The van der Waals surface area contributed by atoms with E-state index in [0.29, 0.717) is 0 Å². The van der Waals surface area contributed by atoms with Gasteiger partial charge in [-0.05, 0) is 201 Å². The monoisotopic (exact) mass is 1050 g/mol. The summed E-state index contributed by atoms with van der Waals surface area (Å²) in [7, 11) is 0. The van der Waals surface area contributed by atoms with Crippen molar-refractivity contribution in [3.8, 4) is 11.1 Å². The van der Waals surface area contributed by atoms with Gasteiger partial charge in [0.05, 0.1) is 15.9 Å². The number of para-hydroxylation sites is 1. The maximum atomic E-state index is 2.86. The third kappa shape index (κ3) is 5.58. The van der Waals surface area contributed by atoms with Gasteiger partial charge in [-0.15, -0.1) is 11.3 Å². The molecule has 0 saturated heterocycles. The minimum atomic E-state index is -0.398. The molecule has 17 rings (SSSR count). The number of anilines is 8. The molecule has 0 spiro atoms. The number of hydrogen-bond acceptors (Lipinski definition) is 4. The number of thiophene rings is 1. The zero-order chi connectivity index (χ0) is 53.9. The Hall–Kier alpha value is -6.56. The van der Waals surface area contributed by atoms with Gasteiger partial charge in [-0.3, -0.25) is 0 Å². The van der Waals surface area contributed by atoms with Crippen molar-refractivity contribution >= 4 is 100 Å². The van der Waals surface area contributed by atoms with Crippen LogP contribution in [0.15, 0.2) is 140 Å². The van der Waals surface area contributed by atoms with Crippen molar-refractivity contribution in [1.82, 2.24) is 0 Å². The molecular weight excluding hydrogens is 974 g/mol. The molecule has 1 aromatic heterocycles. The fraction of sp³-hybridized carbons (Fsp3) is 0.351. The van der Waals surface area contributed by atoms with Gasteiger partial charge >= 0.3 is 0 Å². The maximum Gasteiger partial charge on any atom is 0.253 e. The highest BCUT2D eigenvalue weighted by molar-refractivity contribution is 7.26. The van der Waals surface area contributed by atoms with Crippen molar-refractivity contribution in [2.75, 3.05) is 14.7 Å². The molecule has 8 aromatic carbocycles. The lowest BCUT2D eigenvalue weighted by Crippen LogP contribution is -2.68. The van der Waals surface area contributed by atoms with Gasteiger partial charge < -0.3 is 14.7 Å². The fourth-order valence-corrected chi connectivity index (χ4v) is 19.8. The van der Waals surface area contributed by atoms with Crippen LogP contribution in [0.2, 0.25) is 0 Å². The number of hydrogen-bond donors (Lipinski definition) is 0. The van der Waals surface area contributed by atoms with Crippen LogP contribution in [0.3, 0.4) is 0 Å². The highest BCUT2D eigenvalue weighted by Gasteiger charge is 2.61. The van der Waals surface area contributed by atoms with Gasteiger partial charge in [0, 0.05) is 66.1 Å². The Morgan fingerprint density at radius 1 is 0.392 bits per heavy atom. The standard InChI is InChI=1S/C74H72BN3S/c1-68(2)35-36-69(3,4)52-39-43(29-31-50(52)68)76-57-40-44(78-54-26-16-15-25-51(54)72(9)33-18-19-34-73(72,78)10)41-58-64(57)75-65-55(77(58)56-27-20-23-48-46-22-13-17-28-60(46)79-67(48)56)32-30-47-45-21-12-14-24-49(45)74(11,61(47)65)63-62-53(42-59(76)66(63)75)70(5,6)37-38-71(62,7)8/h12-17,20-32,39-42H,18-19,33-38H2,1-11H3. The smallest absolute Gasteiger partial charge is 0.253 e. The molecule has 5 heterocycles. The number of fused-ring (bicyclic) bond motifs is 13.